The summed E-state index contributed by atoms with van der Waals surface area (Å²) in [5, 5.41) is 15.9. The molecule has 1 aromatic rings. The normalized spacial score (nSPS) is 9.43. The minimum Gasteiger partial charge on any atom is -0.358 e. The molecule has 0 bridgehead atoms. The Labute approximate surface area is 86.6 Å². The van der Waals surface area contributed by atoms with Gasteiger partial charge in [-0.05, 0) is 6.07 Å². The van der Waals surface area contributed by atoms with E-state index in [1.165, 1.54) is 11.3 Å². The molecule has 1 amide bonds. The number of nitrogens with zero attached hydrogens (tertiary/aromatic N) is 1. The van der Waals surface area contributed by atoms with Crippen molar-refractivity contribution < 1.29 is 4.79 Å². The van der Waals surface area contributed by atoms with E-state index in [-0.39, 0.29) is 5.91 Å². The standard InChI is InChI=1S/C9H11N3OS/c1-11-9(13)5-12-4-8-2-7(3-10)6-14-8/h2,6,12H,4-5H2,1H3,(H,11,13). The summed E-state index contributed by atoms with van der Waals surface area (Å²) in [5.41, 5.74) is 0.673. The summed E-state index contributed by atoms with van der Waals surface area (Å²) in [6, 6.07) is 3.88. The van der Waals surface area contributed by atoms with Crippen LogP contribution in [0, 0.1) is 11.3 Å². The predicted molar refractivity (Wildman–Crippen MR) is 54.8 cm³/mol. The van der Waals surface area contributed by atoms with Crippen molar-refractivity contribution in [2.45, 2.75) is 6.54 Å². The molecule has 1 rings (SSSR count). The van der Waals surface area contributed by atoms with E-state index in [0.717, 1.165) is 4.88 Å². The van der Waals surface area contributed by atoms with Gasteiger partial charge in [0.2, 0.25) is 5.91 Å². The van der Waals surface area contributed by atoms with E-state index >= 15 is 0 Å². The second-order valence-electron chi connectivity index (χ2n) is 2.69. The molecule has 1 aromatic heterocycles. The molecule has 0 saturated heterocycles. The van der Waals surface area contributed by atoms with Crippen molar-refractivity contribution in [3.8, 4) is 6.07 Å². The summed E-state index contributed by atoms with van der Waals surface area (Å²) in [6.07, 6.45) is 0. The smallest absolute Gasteiger partial charge is 0.233 e. The molecule has 0 fully saturated rings. The Bertz CT molecular complexity index is 353. The fraction of sp³-hybridized carbons (Fsp3) is 0.333. The van der Waals surface area contributed by atoms with Crippen LogP contribution in [0.4, 0.5) is 0 Å². The summed E-state index contributed by atoms with van der Waals surface area (Å²) >= 11 is 1.52. The quantitative estimate of drug-likeness (QED) is 0.757. The second-order valence-corrected chi connectivity index (χ2v) is 3.69. The monoisotopic (exact) mass is 209 g/mol. The largest absolute Gasteiger partial charge is 0.358 e. The van der Waals surface area contributed by atoms with Gasteiger partial charge < -0.3 is 10.6 Å². The molecule has 0 atom stereocenters. The number of likely N-dealkylation sites (N-methyl/N-ethyl adjacent to an activating group) is 1. The third-order valence-electron chi connectivity index (χ3n) is 1.65. The summed E-state index contributed by atoms with van der Waals surface area (Å²) < 4.78 is 0. The maximum Gasteiger partial charge on any atom is 0.233 e. The van der Waals surface area contributed by atoms with Crippen LogP contribution in [0.15, 0.2) is 11.4 Å². The molecule has 0 saturated carbocycles. The van der Waals surface area contributed by atoms with Gasteiger partial charge in [0.05, 0.1) is 12.1 Å². The Morgan fingerprint density at radius 1 is 1.71 bits per heavy atom. The van der Waals surface area contributed by atoms with Gasteiger partial charge in [-0.2, -0.15) is 5.26 Å². The second kappa shape index (κ2) is 5.37. The van der Waals surface area contributed by atoms with E-state index in [1.54, 1.807) is 12.4 Å². The number of hydrogen-bond acceptors (Lipinski definition) is 4. The number of nitrogens with one attached hydrogen (secondary N) is 2. The average Bonchev–Trinajstić information content (AvgIpc) is 2.65. The van der Waals surface area contributed by atoms with Crippen LogP contribution in [0.25, 0.3) is 0 Å². The Kier molecular flexibility index (Phi) is 4.11. The van der Waals surface area contributed by atoms with Crippen LogP contribution in [0.3, 0.4) is 0 Å². The van der Waals surface area contributed by atoms with Gasteiger partial charge in [-0.25, -0.2) is 0 Å². The zero-order chi connectivity index (χ0) is 10.4. The Morgan fingerprint density at radius 3 is 3.07 bits per heavy atom. The van der Waals surface area contributed by atoms with E-state index in [9.17, 15) is 4.79 Å². The zero-order valence-electron chi connectivity index (χ0n) is 7.83. The van der Waals surface area contributed by atoms with E-state index < -0.39 is 0 Å². The van der Waals surface area contributed by atoms with Crippen molar-refractivity contribution in [1.82, 2.24) is 10.6 Å². The minimum absolute atomic E-state index is 0.0398. The highest BCUT2D eigenvalue weighted by atomic mass is 32.1. The molecular formula is C9H11N3OS. The molecule has 5 heteroatoms. The van der Waals surface area contributed by atoms with Crippen LogP contribution in [-0.2, 0) is 11.3 Å². The van der Waals surface area contributed by atoms with E-state index in [2.05, 4.69) is 16.7 Å². The molecule has 0 aromatic carbocycles. The fourth-order valence-electron chi connectivity index (χ4n) is 0.920. The molecule has 14 heavy (non-hydrogen) atoms. The first-order chi connectivity index (χ1) is 6.76. The lowest BCUT2D eigenvalue weighted by Gasteiger charge is -2.00. The first-order valence-corrected chi connectivity index (χ1v) is 5.03. The zero-order valence-corrected chi connectivity index (χ0v) is 8.65. The number of amides is 1. The Hall–Kier alpha value is -1.38. The van der Waals surface area contributed by atoms with Crippen LogP contribution in [0.1, 0.15) is 10.4 Å². The highest BCUT2D eigenvalue weighted by Crippen LogP contribution is 2.12. The molecule has 0 aliphatic heterocycles. The maximum absolute atomic E-state index is 10.8. The van der Waals surface area contributed by atoms with Crippen molar-refractivity contribution in [2.24, 2.45) is 0 Å². The third-order valence-corrected chi connectivity index (χ3v) is 2.58. The van der Waals surface area contributed by atoms with Gasteiger partial charge in [0.25, 0.3) is 0 Å². The van der Waals surface area contributed by atoms with Gasteiger partial charge in [0.1, 0.15) is 6.07 Å². The van der Waals surface area contributed by atoms with Crippen LogP contribution in [0.5, 0.6) is 0 Å². The van der Waals surface area contributed by atoms with Gasteiger partial charge in [0.15, 0.2) is 0 Å². The highest BCUT2D eigenvalue weighted by Gasteiger charge is 2.00. The molecule has 2 N–H and O–H groups in total. The molecule has 0 aliphatic carbocycles. The molecule has 0 spiro atoms. The number of carbonyl (C=O) groups excluding carboxylic acids is 1. The third kappa shape index (κ3) is 3.17. The van der Waals surface area contributed by atoms with Crippen LogP contribution < -0.4 is 10.6 Å². The van der Waals surface area contributed by atoms with E-state index in [1.807, 2.05) is 6.07 Å². The highest BCUT2D eigenvalue weighted by molar-refractivity contribution is 7.10. The number of hydrogen-bond donors (Lipinski definition) is 2. The van der Waals surface area contributed by atoms with E-state index in [0.29, 0.717) is 18.7 Å². The summed E-state index contributed by atoms with van der Waals surface area (Å²) in [7, 11) is 1.60. The topological polar surface area (TPSA) is 64.9 Å². The summed E-state index contributed by atoms with van der Waals surface area (Å²) in [6.45, 7) is 0.927. The van der Waals surface area contributed by atoms with Crippen LogP contribution >= 0.6 is 11.3 Å². The number of rotatable bonds is 4. The van der Waals surface area contributed by atoms with Crippen LogP contribution in [-0.4, -0.2) is 19.5 Å². The van der Waals surface area contributed by atoms with Gasteiger partial charge >= 0.3 is 0 Å². The summed E-state index contributed by atoms with van der Waals surface area (Å²) in [5.74, 6) is -0.0398. The lowest BCUT2D eigenvalue weighted by molar-refractivity contribution is -0.119. The van der Waals surface area contributed by atoms with Gasteiger partial charge in [-0.1, -0.05) is 0 Å². The fourth-order valence-corrected chi connectivity index (χ4v) is 1.70. The Balaban J connectivity index is 2.32. The minimum atomic E-state index is -0.0398. The summed E-state index contributed by atoms with van der Waals surface area (Å²) in [4.78, 5) is 11.9. The lowest BCUT2D eigenvalue weighted by Crippen LogP contribution is -2.30. The maximum atomic E-state index is 10.8. The molecule has 0 radical (unpaired) electrons. The lowest BCUT2D eigenvalue weighted by atomic mass is 10.3. The molecule has 1 heterocycles. The molecule has 74 valence electrons. The first kappa shape index (κ1) is 10.7. The predicted octanol–water partition coefficient (Wildman–Crippen LogP) is 0.455. The van der Waals surface area contributed by atoms with Gasteiger partial charge in [-0.15, -0.1) is 11.3 Å². The van der Waals surface area contributed by atoms with Crippen molar-refractivity contribution in [3.63, 3.8) is 0 Å². The molecule has 4 nitrogen and oxygen atoms in total. The van der Waals surface area contributed by atoms with Crippen molar-refractivity contribution in [1.29, 1.82) is 5.26 Å². The number of carbonyl (C=O) groups is 1. The SMILES string of the molecule is CNC(=O)CNCc1cc(C#N)cs1. The first-order valence-electron chi connectivity index (χ1n) is 4.15. The van der Waals surface area contributed by atoms with Crippen molar-refractivity contribution in [2.75, 3.05) is 13.6 Å². The molecule has 0 unspecified atom stereocenters. The van der Waals surface area contributed by atoms with Crippen LogP contribution in [0.2, 0.25) is 0 Å². The van der Waals surface area contributed by atoms with Crippen molar-refractivity contribution in [3.05, 3.63) is 21.9 Å². The van der Waals surface area contributed by atoms with Gasteiger partial charge in [0, 0.05) is 23.8 Å². The van der Waals surface area contributed by atoms with E-state index in [4.69, 9.17) is 5.26 Å². The molecular weight excluding hydrogens is 198 g/mol. The average molecular weight is 209 g/mol. The Morgan fingerprint density at radius 2 is 2.50 bits per heavy atom. The number of nitriles is 1. The van der Waals surface area contributed by atoms with Crippen molar-refractivity contribution >= 4 is 17.2 Å². The van der Waals surface area contributed by atoms with Gasteiger partial charge in [-0.3, -0.25) is 4.79 Å². The number of thiophene rings is 1. The molecule has 0 aliphatic rings.